The van der Waals surface area contributed by atoms with Crippen molar-refractivity contribution in [2.24, 2.45) is 0 Å². The minimum absolute atomic E-state index is 0.327. The predicted octanol–water partition coefficient (Wildman–Crippen LogP) is 2.56. The fourth-order valence-corrected chi connectivity index (χ4v) is 2.86. The number of hydrogen-bond acceptors (Lipinski definition) is 3. The quantitative estimate of drug-likeness (QED) is 0.918. The summed E-state index contributed by atoms with van der Waals surface area (Å²) in [5.41, 5.74) is 1.26. The van der Waals surface area contributed by atoms with Gasteiger partial charge in [-0.1, -0.05) is 19.1 Å². The van der Waals surface area contributed by atoms with E-state index in [0.29, 0.717) is 11.8 Å². The molecule has 1 atom stereocenters. The summed E-state index contributed by atoms with van der Waals surface area (Å²) in [6.45, 7) is 5.15. The molecule has 0 amide bonds. The van der Waals surface area contributed by atoms with Crippen LogP contribution in [0.15, 0.2) is 36.7 Å². The van der Waals surface area contributed by atoms with Gasteiger partial charge in [-0.2, -0.15) is 0 Å². The number of rotatable bonds is 3. The highest BCUT2D eigenvalue weighted by Gasteiger charge is 2.23. The zero-order valence-corrected chi connectivity index (χ0v) is 11.2. The molecule has 100 valence electrons. The lowest BCUT2D eigenvalue weighted by atomic mass is 10.0. The van der Waals surface area contributed by atoms with Crippen LogP contribution < -0.4 is 0 Å². The molecule has 0 fully saturated rings. The second-order valence-corrected chi connectivity index (χ2v) is 5.02. The lowest BCUT2D eigenvalue weighted by Gasteiger charge is -2.34. The van der Waals surface area contributed by atoms with Crippen LogP contribution in [-0.2, 0) is 13.1 Å². The van der Waals surface area contributed by atoms with Crippen molar-refractivity contribution in [3.63, 3.8) is 0 Å². The molecule has 0 radical (unpaired) electrons. The van der Waals surface area contributed by atoms with E-state index < -0.39 is 0 Å². The van der Waals surface area contributed by atoms with Gasteiger partial charge in [0, 0.05) is 31.5 Å². The minimum Gasteiger partial charge on any atom is -0.508 e. The van der Waals surface area contributed by atoms with E-state index in [1.165, 1.54) is 5.56 Å². The average Bonchev–Trinajstić information content (AvgIpc) is 2.89. The Morgan fingerprint density at radius 2 is 2.05 bits per heavy atom. The zero-order valence-electron chi connectivity index (χ0n) is 11.2. The van der Waals surface area contributed by atoms with Crippen LogP contribution in [0.3, 0.4) is 0 Å². The van der Waals surface area contributed by atoms with Gasteiger partial charge in [0.05, 0.1) is 6.54 Å². The summed E-state index contributed by atoms with van der Waals surface area (Å²) in [6.07, 6.45) is 4.99. The molecule has 4 nitrogen and oxygen atoms in total. The fraction of sp³-hybridized carbons (Fsp3) is 0.400. The van der Waals surface area contributed by atoms with Gasteiger partial charge < -0.3 is 9.67 Å². The number of hydrogen-bond donors (Lipinski definition) is 1. The van der Waals surface area contributed by atoms with Crippen LogP contribution in [0.4, 0.5) is 0 Å². The highest BCUT2D eigenvalue weighted by atomic mass is 16.3. The summed E-state index contributed by atoms with van der Waals surface area (Å²) in [5.74, 6) is 1.47. The van der Waals surface area contributed by atoms with Gasteiger partial charge in [0.25, 0.3) is 0 Å². The molecule has 1 aliphatic rings. The molecule has 0 bridgehead atoms. The van der Waals surface area contributed by atoms with Crippen LogP contribution >= 0.6 is 0 Å². The van der Waals surface area contributed by atoms with Gasteiger partial charge in [0.1, 0.15) is 11.6 Å². The average molecular weight is 257 g/mol. The first-order chi connectivity index (χ1) is 9.28. The molecule has 1 aromatic carbocycles. The monoisotopic (exact) mass is 257 g/mol. The largest absolute Gasteiger partial charge is 0.508 e. The third-order valence-corrected chi connectivity index (χ3v) is 3.88. The SMILES string of the molecule is CCC(c1ccc(O)cc1)N1CCn2ccnc2C1. The Morgan fingerprint density at radius 1 is 1.26 bits per heavy atom. The molecule has 0 aliphatic carbocycles. The van der Waals surface area contributed by atoms with Gasteiger partial charge in [0.15, 0.2) is 0 Å². The first-order valence-corrected chi connectivity index (χ1v) is 6.81. The highest BCUT2D eigenvalue weighted by molar-refractivity contribution is 5.28. The number of nitrogens with zero attached hydrogens (tertiary/aromatic N) is 3. The predicted molar refractivity (Wildman–Crippen MR) is 73.8 cm³/mol. The van der Waals surface area contributed by atoms with Gasteiger partial charge in [-0.15, -0.1) is 0 Å². The van der Waals surface area contributed by atoms with Crippen LogP contribution in [0.5, 0.6) is 5.75 Å². The van der Waals surface area contributed by atoms with Gasteiger partial charge in [-0.05, 0) is 24.1 Å². The number of aromatic hydroxyl groups is 1. The van der Waals surface area contributed by atoms with E-state index in [2.05, 4.69) is 21.4 Å². The molecular formula is C15H19N3O. The normalized spacial score (nSPS) is 17.1. The van der Waals surface area contributed by atoms with E-state index >= 15 is 0 Å². The van der Waals surface area contributed by atoms with Gasteiger partial charge >= 0.3 is 0 Å². The Bertz CT molecular complexity index is 547. The van der Waals surface area contributed by atoms with Gasteiger partial charge in [0.2, 0.25) is 0 Å². The van der Waals surface area contributed by atoms with E-state index in [4.69, 9.17) is 0 Å². The molecule has 19 heavy (non-hydrogen) atoms. The summed E-state index contributed by atoms with van der Waals surface area (Å²) >= 11 is 0. The number of phenols is 1. The number of aromatic nitrogens is 2. The molecule has 1 N–H and O–H groups in total. The van der Waals surface area contributed by atoms with Gasteiger partial charge in [-0.25, -0.2) is 4.98 Å². The van der Waals surface area contributed by atoms with Crippen LogP contribution in [0, 0.1) is 0 Å². The Labute approximate surface area is 113 Å². The number of benzene rings is 1. The maximum atomic E-state index is 9.40. The molecule has 1 aromatic heterocycles. The topological polar surface area (TPSA) is 41.3 Å². The molecule has 1 unspecified atom stereocenters. The molecule has 2 aromatic rings. The molecule has 0 saturated heterocycles. The fourth-order valence-electron chi connectivity index (χ4n) is 2.86. The molecule has 0 saturated carbocycles. The number of imidazole rings is 1. The van der Waals surface area contributed by atoms with Crippen molar-refractivity contribution in [2.75, 3.05) is 6.54 Å². The summed E-state index contributed by atoms with van der Waals surface area (Å²) < 4.78 is 2.22. The highest BCUT2D eigenvalue weighted by Crippen LogP contribution is 2.28. The molecule has 3 rings (SSSR count). The van der Waals surface area contributed by atoms with Crippen molar-refractivity contribution in [3.05, 3.63) is 48.0 Å². The van der Waals surface area contributed by atoms with Crippen molar-refractivity contribution in [1.29, 1.82) is 0 Å². The summed E-state index contributed by atoms with van der Waals surface area (Å²) in [4.78, 5) is 6.88. The third-order valence-electron chi connectivity index (χ3n) is 3.88. The Balaban J connectivity index is 1.82. The van der Waals surface area contributed by atoms with E-state index in [0.717, 1.165) is 31.9 Å². The van der Waals surface area contributed by atoms with E-state index in [9.17, 15) is 5.11 Å². The zero-order chi connectivity index (χ0) is 13.2. The van der Waals surface area contributed by atoms with Crippen molar-refractivity contribution < 1.29 is 5.11 Å². The van der Waals surface area contributed by atoms with E-state index in [1.54, 1.807) is 12.1 Å². The standard InChI is InChI=1S/C15H19N3O/c1-2-14(12-3-5-13(19)6-4-12)18-10-9-17-8-7-16-15(17)11-18/h3-8,14,19H,2,9-11H2,1H3. The third kappa shape index (κ3) is 2.36. The van der Waals surface area contributed by atoms with Crippen molar-refractivity contribution in [2.45, 2.75) is 32.5 Å². The smallest absolute Gasteiger partial charge is 0.122 e. The first-order valence-electron chi connectivity index (χ1n) is 6.81. The minimum atomic E-state index is 0.327. The lowest BCUT2D eigenvalue weighted by Crippen LogP contribution is -2.36. The molecule has 1 aliphatic heterocycles. The maximum absolute atomic E-state index is 9.40. The summed E-state index contributed by atoms with van der Waals surface area (Å²) in [7, 11) is 0. The number of fused-ring (bicyclic) bond motifs is 1. The second-order valence-electron chi connectivity index (χ2n) is 5.02. The van der Waals surface area contributed by atoms with E-state index in [1.807, 2.05) is 24.5 Å². The Morgan fingerprint density at radius 3 is 2.79 bits per heavy atom. The number of phenolic OH excluding ortho intramolecular Hbond substituents is 1. The molecule has 2 heterocycles. The van der Waals surface area contributed by atoms with Crippen LogP contribution in [0.2, 0.25) is 0 Å². The van der Waals surface area contributed by atoms with Crippen LogP contribution in [0.25, 0.3) is 0 Å². The Kier molecular flexibility index (Phi) is 3.25. The van der Waals surface area contributed by atoms with Crippen molar-refractivity contribution in [3.8, 4) is 5.75 Å². The summed E-state index contributed by atoms with van der Waals surface area (Å²) in [6, 6.07) is 7.96. The van der Waals surface area contributed by atoms with Crippen molar-refractivity contribution in [1.82, 2.24) is 14.5 Å². The van der Waals surface area contributed by atoms with Crippen LogP contribution in [0.1, 0.15) is 30.8 Å². The maximum Gasteiger partial charge on any atom is 0.122 e. The van der Waals surface area contributed by atoms with Crippen LogP contribution in [-0.4, -0.2) is 26.1 Å². The molecule has 4 heteroatoms. The first kappa shape index (κ1) is 12.2. The van der Waals surface area contributed by atoms with Crippen molar-refractivity contribution >= 4 is 0 Å². The van der Waals surface area contributed by atoms with Gasteiger partial charge in [-0.3, -0.25) is 4.90 Å². The summed E-state index contributed by atoms with van der Waals surface area (Å²) in [5, 5.41) is 9.40. The molecular weight excluding hydrogens is 238 g/mol. The van der Waals surface area contributed by atoms with E-state index in [-0.39, 0.29) is 0 Å². The lowest BCUT2D eigenvalue weighted by molar-refractivity contribution is 0.148. The molecule has 0 spiro atoms. The Hall–Kier alpha value is -1.81. The second kappa shape index (κ2) is 5.05.